The lowest BCUT2D eigenvalue weighted by molar-refractivity contribution is 0.0951. The lowest BCUT2D eigenvalue weighted by Crippen LogP contribution is -2.22. The van der Waals surface area contributed by atoms with Crippen LogP contribution in [0.5, 0.6) is 0 Å². The van der Waals surface area contributed by atoms with Gasteiger partial charge in [0.05, 0.1) is 6.20 Å². The molecule has 0 radical (unpaired) electrons. The zero-order valence-corrected chi connectivity index (χ0v) is 9.53. The Morgan fingerprint density at radius 1 is 1.35 bits per heavy atom. The number of carbonyl (C=O) groups excluding carboxylic acids is 1. The van der Waals surface area contributed by atoms with Crippen LogP contribution in [0.4, 0.5) is 5.69 Å². The van der Waals surface area contributed by atoms with Gasteiger partial charge in [-0.15, -0.1) is 0 Å². The normalized spacial score (nSPS) is 9.94. The van der Waals surface area contributed by atoms with E-state index in [-0.39, 0.29) is 5.91 Å². The zero-order valence-electron chi connectivity index (χ0n) is 9.53. The van der Waals surface area contributed by atoms with Gasteiger partial charge in [-0.3, -0.25) is 9.89 Å². The van der Waals surface area contributed by atoms with E-state index in [4.69, 9.17) is 0 Å². The SMILES string of the molecule is CNc1ccc(C(=O)NCc2cn[nH]c2)cc1. The highest BCUT2D eigenvalue weighted by molar-refractivity contribution is 5.94. The van der Waals surface area contributed by atoms with E-state index in [0.717, 1.165) is 11.3 Å². The van der Waals surface area contributed by atoms with Gasteiger partial charge >= 0.3 is 0 Å². The minimum Gasteiger partial charge on any atom is -0.388 e. The molecule has 17 heavy (non-hydrogen) atoms. The molecule has 2 rings (SSSR count). The first kappa shape index (κ1) is 11.2. The van der Waals surface area contributed by atoms with E-state index in [9.17, 15) is 4.79 Å². The maximum Gasteiger partial charge on any atom is 0.251 e. The van der Waals surface area contributed by atoms with E-state index in [0.29, 0.717) is 12.1 Å². The standard InChI is InChI=1S/C12H14N4O/c1-13-11-4-2-10(3-5-11)12(17)14-6-9-7-15-16-8-9/h2-5,7-8,13H,6H2,1H3,(H,14,17)(H,15,16). The number of nitrogens with zero attached hydrogens (tertiary/aromatic N) is 1. The molecular weight excluding hydrogens is 216 g/mol. The molecule has 0 aliphatic heterocycles. The molecule has 88 valence electrons. The highest BCUT2D eigenvalue weighted by Gasteiger charge is 2.04. The van der Waals surface area contributed by atoms with Crippen molar-refractivity contribution in [1.29, 1.82) is 0 Å². The molecule has 1 heterocycles. The first-order valence-electron chi connectivity index (χ1n) is 5.33. The number of hydrogen-bond acceptors (Lipinski definition) is 3. The average Bonchev–Trinajstić information content (AvgIpc) is 2.89. The molecule has 0 aliphatic carbocycles. The van der Waals surface area contributed by atoms with Crippen molar-refractivity contribution in [3.8, 4) is 0 Å². The number of nitrogens with one attached hydrogen (secondary N) is 3. The van der Waals surface area contributed by atoms with Crippen molar-refractivity contribution in [2.24, 2.45) is 0 Å². The van der Waals surface area contributed by atoms with Crippen LogP contribution >= 0.6 is 0 Å². The summed E-state index contributed by atoms with van der Waals surface area (Å²) in [6, 6.07) is 7.31. The first-order chi connectivity index (χ1) is 8.29. The van der Waals surface area contributed by atoms with Gasteiger partial charge in [0.2, 0.25) is 0 Å². The topological polar surface area (TPSA) is 69.8 Å². The quantitative estimate of drug-likeness (QED) is 0.743. The lowest BCUT2D eigenvalue weighted by atomic mass is 10.2. The minimum atomic E-state index is -0.0890. The predicted octanol–water partition coefficient (Wildman–Crippen LogP) is 1.38. The molecule has 0 saturated carbocycles. The van der Waals surface area contributed by atoms with E-state index in [1.807, 2.05) is 19.2 Å². The van der Waals surface area contributed by atoms with Crippen molar-refractivity contribution < 1.29 is 4.79 Å². The van der Waals surface area contributed by atoms with Crippen LogP contribution in [0, 0.1) is 0 Å². The van der Waals surface area contributed by atoms with Crippen molar-refractivity contribution >= 4 is 11.6 Å². The number of aromatic nitrogens is 2. The number of rotatable bonds is 4. The lowest BCUT2D eigenvalue weighted by Gasteiger charge is -2.04. The third-order valence-electron chi connectivity index (χ3n) is 2.44. The third-order valence-corrected chi connectivity index (χ3v) is 2.44. The van der Waals surface area contributed by atoms with Crippen LogP contribution in [0.15, 0.2) is 36.7 Å². The summed E-state index contributed by atoms with van der Waals surface area (Å²) in [4.78, 5) is 11.8. The summed E-state index contributed by atoms with van der Waals surface area (Å²) < 4.78 is 0. The van der Waals surface area contributed by atoms with Gasteiger partial charge in [0.1, 0.15) is 0 Å². The Bertz CT molecular complexity index is 476. The minimum absolute atomic E-state index is 0.0890. The monoisotopic (exact) mass is 230 g/mol. The second kappa shape index (κ2) is 5.16. The first-order valence-corrected chi connectivity index (χ1v) is 5.33. The fourth-order valence-electron chi connectivity index (χ4n) is 1.45. The van der Waals surface area contributed by atoms with Gasteiger partial charge in [-0.05, 0) is 24.3 Å². The number of amides is 1. The highest BCUT2D eigenvalue weighted by atomic mass is 16.1. The molecule has 0 aliphatic rings. The molecule has 0 bridgehead atoms. The van der Waals surface area contributed by atoms with E-state index >= 15 is 0 Å². The number of carbonyl (C=O) groups is 1. The van der Waals surface area contributed by atoms with Gasteiger partial charge < -0.3 is 10.6 Å². The molecule has 1 aromatic heterocycles. The molecule has 1 aromatic carbocycles. The maximum absolute atomic E-state index is 11.8. The smallest absolute Gasteiger partial charge is 0.251 e. The van der Waals surface area contributed by atoms with Crippen molar-refractivity contribution in [3.05, 3.63) is 47.8 Å². The largest absolute Gasteiger partial charge is 0.388 e. The van der Waals surface area contributed by atoms with Gasteiger partial charge in [-0.2, -0.15) is 5.10 Å². The Hall–Kier alpha value is -2.30. The van der Waals surface area contributed by atoms with Gasteiger partial charge in [0.25, 0.3) is 5.91 Å². The summed E-state index contributed by atoms with van der Waals surface area (Å²) in [6.07, 6.45) is 3.44. The molecule has 0 unspecified atom stereocenters. The Morgan fingerprint density at radius 3 is 2.71 bits per heavy atom. The fourth-order valence-corrected chi connectivity index (χ4v) is 1.45. The summed E-state index contributed by atoms with van der Waals surface area (Å²) in [5.74, 6) is -0.0890. The maximum atomic E-state index is 11.8. The molecule has 0 fully saturated rings. The second-order valence-electron chi connectivity index (χ2n) is 3.62. The third kappa shape index (κ3) is 2.84. The number of aromatic amines is 1. The predicted molar refractivity (Wildman–Crippen MR) is 65.7 cm³/mol. The van der Waals surface area contributed by atoms with Crippen LogP contribution in [0.2, 0.25) is 0 Å². The Balaban J connectivity index is 1.95. The molecule has 3 N–H and O–H groups in total. The second-order valence-corrected chi connectivity index (χ2v) is 3.62. The molecule has 5 nitrogen and oxygen atoms in total. The fraction of sp³-hybridized carbons (Fsp3) is 0.167. The number of benzene rings is 1. The Labute approximate surface area is 99.2 Å². The van der Waals surface area contributed by atoms with Crippen molar-refractivity contribution in [2.75, 3.05) is 12.4 Å². The van der Waals surface area contributed by atoms with Crippen molar-refractivity contribution in [3.63, 3.8) is 0 Å². The van der Waals surface area contributed by atoms with Crippen LogP contribution in [0.3, 0.4) is 0 Å². The Morgan fingerprint density at radius 2 is 2.12 bits per heavy atom. The molecule has 1 amide bonds. The van der Waals surface area contributed by atoms with Crippen LogP contribution < -0.4 is 10.6 Å². The van der Waals surface area contributed by atoms with E-state index < -0.39 is 0 Å². The van der Waals surface area contributed by atoms with Gasteiger partial charge in [-0.25, -0.2) is 0 Å². The van der Waals surface area contributed by atoms with Crippen molar-refractivity contribution in [2.45, 2.75) is 6.54 Å². The van der Waals surface area contributed by atoms with Gasteiger partial charge in [-0.1, -0.05) is 0 Å². The van der Waals surface area contributed by atoms with Gasteiger partial charge in [0, 0.05) is 36.6 Å². The van der Waals surface area contributed by atoms with E-state index in [2.05, 4.69) is 20.8 Å². The Kier molecular flexibility index (Phi) is 3.40. The molecule has 0 atom stereocenters. The number of anilines is 1. The molecular formula is C12H14N4O. The molecule has 0 spiro atoms. The number of hydrogen-bond donors (Lipinski definition) is 3. The summed E-state index contributed by atoms with van der Waals surface area (Å²) in [6.45, 7) is 0.475. The molecule has 0 saturated heterocycles. The van der Waals surface area contributed by atoms with Gasteiger partial charge in [0.15, 0.2) is 0 Å². The van der Waals surface area contributed by atoms with Crippen LogP contribution in [-0.4, -0.2) is 23.2 Å². The summed E-state index contributed by atoms with van der Waals surface area (Å²) >= 11 is 0. The summed E-state index contributed by atoms with van der Waals surface area (Å²) in [5.41, 5.74) is 2.58. The van der Waals surface area contributed by atoms with E-state index in [1.165, 1.54) is 0 Å². The van der Waals surface area contributed by atoms with E-state index in [1.54, 1.807) is 24.5 Å². The summed E-state index contributed by atoms with van der Waals surface area (Å²) in [7, 11) is 1.84. The average molecular weight is 230 g/mol. The van der Waals surface area contributed by atoms with Crippen LogP contribution in [0.25, 0.3) is 0 Å². The number of H-pyrrole nitrogens is 1. The van der Waals surface area contributed by atoms with Crippen molar-refractivity contribution in [1.82, 2.24) is 15.5 Å². The molecule has 5 heteroatoms. The van der Waals surface area contributed by atoms with Crippen LogP contribution in [0.1, 0.15) is 15.9 Å². The highest BCUT2D eigenvalue weighted by Crippen LogP contribution is 2.08. The molecule has 2 aromatic rings. The van der Waals surface area contributed by atoms with Crippen LogP contribution in [-0.2, 0) is 6.54 Å². The zero-order chi connectivity index (χ0) is 12.1. The summed E-state index contributed by atoms with van der Waals surface area (Å²) in [5, 5.41) is 12.3.